The van der Waals surface area contributed by atoms with Crippen LogP contribution in [-0.2, 0) is 30.0 Å². The minimum Gasteiger partial charge on any atom is -0.497 e. The lowest BCUT2D eigenvalue weighted by Gasteiger charge is -2.35. The summed E-state index contributed by atoms with van der Waals surface area (Å²) in [5.41, 5.74) is -4.46. The molecule has 4 aliphatic rings. The zero-order chi connectivity index (χ0) is 39.2. The number of benzene rings is 1. The Kier molecular flexibility index (Phi) is 10.4. The molecule has 5 atom stereocenters. The number of esters is 1. The summed E-state index contributed by atoms with van der Waals surface area (Å²) in [6.07, 6.45) is 2.72. The van der Waals surface area contributed by atoms with E-state index in [2.05, 4.69) is 15.6 Å². The number of nitrogens with one attached hydrogen (secondary N) is 2. The smallest absolute Gasteiger partial charge is 0.437 e. The number of methoxy groups -OCH3 is 1. The van der Waals surface area contributed by atoms with Crippen molar-refractivity contribution in [3.05, 3.63) is 47.7 Å². The van der Waals surface area contributed by atoms with Crippen LogP contribution in [0.3, 0.4) is 0 Å². The number of ether oxygens (including phenoxy) is 4. The molecular weight excluding hydrogens is 709 g/mol. The van der Waals surface area contributed by atoms with Crippen LogP contribution in [0.5, 0.6) is 11.5 Å². The Morgan fingerprint density at radius 3 is 2.57 bits per heavy atom. The van der Waals surface area contributed by atoms with Gasteiger partial charge in [0.05, 0.1) is 25.8 Å². The van der Waals surface area contributed by atoms with Gasteiger partial charge in [0, 0.05) is 23.3 Å². The molecular formula is C39H47F3N4O8. The summed E-state index contributed by atoms with van der Waals surface area (Å²) < 4.78 is 66.8. The van der Waals surface area contributed by atoms with E-state index < -0.39 is 70.3 Å². The predicted octanol–water partition coefficient (Wildman–Crippen LogP) is 6.25. The van der Waals surface area contributed by atoms with Crippen molar-refractivity contribution in [3.8, 4) is 11.5 Å². The van der Waals surface area contributed by atoms with E-state index in [1.165, 1.54) is 24.1 Å². The molecule has 15 heteroatoms. The van der Waals surface area contributed by atoms with Crippen LogP contribution in [0.25, 0.3) is 16.5 Å². The van der Waals surface area contributed by atoms with E-state index in [1.807, 2.05) is 12.2 Å². The number of rotatable bonds is 4. The van der Waals surface area contributed by atoms with Crippen molar-refractivity contribution in [2.75, 3.05) is 20.3 Å². The van der Waals surface area contributed by atoms with E-state index in [4.69, 9.17) is 18.9 Å². The van der Waals surface area contributed by atoms with Crippen molar-refractivity contribution in [2.45, 2.75) is 115 Å². The maximum absolute atomic E-state index is 14.7. The fourth-order valence-corrected chi connectivity index (χ4v) is 7.75. The number of fused-ring (bicyclic) bond motifs is 5. The lowest BCUT2D eigenvalue weighted by Crippen LogP contribution is -2.56. The number of hydrogen-bond donors (Lipinski definition) is 2. The van der Waals surface area contributed by atoms with Crippen molar-refractivity contribution in [2.24, 2.45) is 5.92 Å². The largest absolute Gasteiger partial charge is 0.497 e. The second-order valence-electron chi connectivity index (χ2n) is 15.5. The molecule has 1 spiro atoms. The van der Waals surface area contributed by atoms with Gasteiger partial charge in [-0.1, -0.05) is 25.0 Å². The lowest BCUT2D eigenvalue weighted by molar-refractivity contribution is -0.150. The number of carbonyl (C=O) groups excluding carboxylic acids is 4. The molecule has 12 nitrogen and oxygen atoms in total. The molecule has 2 N–H and O–H groups in total. The number of alkyl carbamates (subject to hydrolysis) is 1. The Morgan fingerprint density at radius 2 is 1.89 bits per heavy atom. The minimum atomic E-state index is -4.92. The summed E-state index contributed by atoms with van der Waals surface area (Å²) in [5, 5.41) is 5.92. The molecule has 1 saturated carbocycles. The predicted molar refractivity (Wildman–Crippen MR) is 191 cm³/mol. The third-order valence-electron chi connectivity index (χ3n) is 10.3. The summed E-state index contributed by atoms with van der Waals surface area (Å²) in [6.45, 7) is 8.10. The number of hydrogen-bond acceptors (Lipinski definition) is 9. The number of allylic oxidation sites excluding steroid dienone is 2. The van der Waals surface area contributed by atoms with Gasteiger partial charge in [-0.2, -0.15) is 13.2 Å². The maximum atomic E-state index is 14.7. The molecule has 2 aromatic rings. The Balaban J connectivity index is 1.44. The molecule has 0 bridgehead atoms. The van der Waals surface area contributed by atoms with Gasteiger partial charge in [-0.05, 0) is 90.2 Å². The van der Waals surface area contributed by atoms with E-state index in [-0.39, 0.29) is 49.4 Å². The van der Waals surface area contributed by atoms with Crippen molar-refractivity contribution in [3.63, 3.8) is 0 Å². The van der Waals surface area contributed by atoms with Gasteiger partial charge in [0.25, 0.3) is 0 Å². The molecule has 6 rings (SSSR count). The van der Waals surface area contributed by atoms with Gasteiger partial charge in [0.1, 0.15) is 34.6 Å². The van der Waals surface area contributed by atoms with Crippen molar-refractivity contribution in [1.82, 2.24) is 20.5 Å². The maximum Gasteiger partial charge on any atom is 0.437 e. The van der Waals surface area contributed by atoms with E-state index in [0.717, 1.165) is 12.8 Å². The minimum absolute atomic E-state index is 0.0789. The first-order chi connectivity index (χ1) is 25.4. The highest BCUT2D eigenvalue weighted by Gasteiger charge is 2.63. The summed E-state index contributed by atoms with van der Waals surface area (Å²) >= 11 is 0. The first-order valence-electron chi connectivity index (χ1n) is 18.3. The third-order valence-corrected chi connectivity index (χ3v) is 10.3. The van der Waals surface area contributed by atoms with Crippen LogP contribution in [0.1, 0.15) is 90.8 Å². The molecule has 0 radical (unpaired) electrons. The normalized spacial score (nSPS) is 27.9. The van der Waals surface area contributed by atoms with Gasteiger partial charge in [-0.3, -0.25) is 9.59 Å². The first-order valence-corrected chi connectivity index (χ1v) is 18.3. The molecule has 3 amide bonds. The molecule has 1 saturated heterocycles. The van der Waals surface area contributed by atoms with Gasteiger partial charge in [-0.25, -0.2) is 14.6 Å². The number of alkyl halides is 3. The van der Waals surface area contributed by atoms with Gasteiger partial charge in [0.15, 0.2) is 11.4 Å². The average molecular weight is 757 g/mol. The summed E-state index contributed by atoms with van der Waals surface area (Å²) in [5.74, 6) is -2.43. The van der Waals surface area contributed by atoms with Crippen LogP contribution in [-0.4, -0.2) is 82.8 Å². The standard InChI is InChI=1S/C39H47F3N4O8/c1-7-52-34(49)38-19-23(38)13-11-9-8-10-12-14-27(44-35(50)54-36(3,4)5)33(48)46-21-37(20-28(46)32(47)45-38)18-22(2)29-25-17-24(51-6)15-16-26(25)43-31(30(29)53-37)39(40,41)42/h11,13,15-18,23,27-28H,7-10,12,14,19-21H2,1-6H3,(H,44,50)(H,45,47)/b13-11-/t23?,27?,28-,37+,38+/m0/s1. The Morgan fingerprint density at radius 1 is 1.13 bits per heavy atom. The molecule has 3 aliphatic heterocycles. The van der Waals surface area contributed by atoms with E-state index in [9.17, 15) is 32.3 Å². The van der Waals surface area contributed by atoms with Crippen LogP contribution in [0.4, 0.5) is 18.0 Å². The summed E-state index contributed by atoms with van der Waals surface area (Å²) in [7, 11) is 1.44. The third kappa shape index (κ3) is 7.72. The highest BCUT2D eigenvalue weighted by atomic mass is 19.4. The molecule has 2 fully saturated rings. The van der Waals surface area contributed by atoms with Crippen molar-refractivity contribution in [1.29, 1.82) is 0 Å². The monoisotopic (exact) mass is 756 g/mol. The Hall–Kier alpha value is -4.82. The molecule has 2 unspecified atom stereocenters. The van der Waals surface area contributed by atoms with E-state index >= 15 is 0 Å². The second kappa shape index (κ2) is 14.4. The van der Waals surface area contributed by atoms with Crippen LogP contribution < -0.4 is 20.1 Å². The summed E-state index contributed by atoms with van der Waals surface area (Å²) in [6, 6.07) is 2.09. The summed E-state index contributed by atoms with van der Waals surface area (Å²) in [4.78, 5) is 60.7. The fraction of sp³-hybridized carbons (Fsp3) is 0.564. The van der Waals surface area contributed by atoms with Crippen LogP contribution in [0.2, 0.25) is 0 Å². The van der Waals surface area contributed by atoms with Crippen LogP contribution >= 0.6 is 0 Å². The molecule has 292 valence electrons. The molecule has 4 heterocycles. The number of amides is 3. The molecule has 1 aromatic heterocycles. The number of pyridine rings is 1. The number of nitrogens with zero attached hydrogens (tertiary/aromatic N) is 2. The highest BCUT2D eigenvalue weighted by Crippen LogP contribution is 2.51. The average Bonchev–Trinajstić information content (AvgIpc) is 3.66. The van der Waals surface area contributed by atoms with Crippen LogP contribution in [0, 0.1) is 5.92 Å². The van der Waals surface area contributed by atoms with E-state index in [0.29, 0.717) is 29.6 Å². The topological polar surface area (TPSA) is 145 Å². The fourth-order valence-electron chi connectivity index (χ4n) is 7.75. The van der Waals surface area contributed by atoms with Gasteiger partial charge in [0.2, 0.25) is 11.8 Å². The first kappa shape index (κ1) is 38.9. The van der Waals surface area contributed by atoms with Gasteiger partial charge in [-0.15, -0.1) is 0 Å². The quantitative estimate of drug-likeness (QED) is 0.273. The van der Waals surface area contributed by atoms with Crippen LogP contribution in [0.15, 0.2) is 36.4 Å². The lowest BCUT2D eigenvalue weighted by atomic mass is 9.88. The molecule has 54 heavy (non-hydrogen) atoms. The molecule has 1 aromatic carbocycles. The zero-order valence-electron chi connectivity index (χ0n) is 31.4. The zero-order valence-corrected chi connectivity index (χ0v) is 31.4. The van der Waals surface area contributed by atoms with Gasteiger partial charge >= 0.3 is 18.2 Å². The Labute approximate surface area is 311 Å². The van der Waals surface area contributed by atoms with Crippen molar-refractivity contribution >= 4 is 40.4 Å². The van der Waals surface area contributed by atoms with E-state index in [1.54, 1.807) is 46.8 Å². The molecule has 1 aliphatic carbocycles. The highest BCUT2D eigenvalue weighted by molar-refractivity contribution is 5.98. The second-order valence-corrected chi connectivity index (χ2v) is 15.5. The number of halogens is 3. The van der Waals surface area contributed by atoms with Crippen molar-refractivity contribution < 1.29 is 51.3 Å². The number of aromatic nitrogens is 1. The van der Waals surface area contributed by atoms with Gasteiger partial charge < -0.3 is 34.5 Å². The Bertz CT molecular complexity index is 1910. The SMILES string of the molecule is CCOC(=O)[C@@]12CC1/C=C\CCCCCC(NC(=O)OC(C)(C)C)C(=O)N1C[C@@]3(C=C(C)c4c(c(C(F)(F)F)nc5ccc(OC)cc45)O3)C[C@H]1C(=O)N2. The number of carbonyl (C=O) groups is 4.